The van der Waals surface area contributed by atoms with E-state index in [0.29, 0.717) is 35.4 Å². The molecule has 168 valence electrons. The number of ether oxygens (including phenoxy) is 1. The zero-order valence-corrected chi connectivity index (χ0v) is 19.0. The molecule has 2 aromatic carbocycles. The monoisotopic (exact) mass is 431 g/mol. The van der Waals surface area contributed by atoms with Crippen molar-refractivity contribution in [3.8, 4) is 5.75 Å². The molecule has 0 radical (unpaired) electrons. The van der Waals surface area contributed by atoms with Gasteiger partial charge in [-0.3, -0.25) is 4.79 Å². The highest BCUT2D eigenvalue weighted by atomic mass is 16.5. The van der Waals surface area contributed by atoms with Crippen LogP contribution >= 0.6 is 0 Å². The molecule has 2 atom stereocenters. The van der Waals surface area contributed by atoms with Crippen molar-refractivity contribution in [1.82, 2.24) is 4.90 Å². The van der Waals surface area contributed by atoms with Gasteiger partial charge in [0.1, 0.15) is 11.3 Å². The molecule has 32 heavy (non-hydrogen) atoms. The Morgan fingerprint density at radius 2 is 2.03 bits per heavy atom. The van der Waals surface area contributed by atoms with Crippen LogP contribution in [0.5, 0.6) is 5.75 Å². The molecule has 2 aliphatic heterocycles. The molecule has 4 heteroatoms. The summed E-state index contributed by atoms with van der Waals surface area (Å²) in [5.41, 5.74) is 3.47. The number of hydrogen-bond acceptors (Lipinski definition) is 4. The number of rotatable bonds is 7. The van der Waals surface area contributed by atoms with E-state index in [1.165, 1.54) is 44.3 Å². The third-order valence-electron chi connectivity index (χ3n) is 7.26. The molecule has 2 unspecified atom stereocenters. The molecule has 3 heterocycles. The smallest absolute Gasteiger partial charge is 0.196 e. The van der Waals surface area contributed by atoms with Gasteiger partial charge in [-0.2, -0.15) is 0 Å². The zero-order valence-electron chi connectivity index (χ0n) is 19.0. The van der Waals surface area contributed by atoms with Crippen LogP contribution in [0.25, 0.3) is 11.0 Å². The Kier molecular flexibility index (Phi) is 6.31. The number of furan rings is 1. The number of benzene rings is 2. The molecule has 0 N–H and O–H groups in total. The molecular formula is C28H33NO3. The SMILES string of the molecule is CCCCOc1ccccc1C(=O)c1ccc2occ(C3CCN4CCCCC4C3)c2c1. The first-order valence-corrected chi connectivity index (χ1v) is 12.3. The number of hydrogen-bond donors (Lipinski definition) is 0. The van der Waals surface area contributed by atoms with Crippen LogP contribution in [0, 0.1) is 0 Å². The highest BCUT2D eigenvalue weighted by Crippen LogP contribution is 2.39. The summed E-state index contributed by atoms with van der Waals surface area (Å²) in [6.45, 7) is 5.19. The average Bonchev–Trinajstić information content (AvgIpc) is 3.27. The second-order valence-corrected chi connectivity index (χ2v) is 9.34. The summed E-state index contributed by atoms with van der Waals surface area (Å²) in [4.78, 5) is 16.1. The zero-order chi connectivity index (χ0) is 21.9. The first-order valence-electron chi connectivity index (χ1n) is 12.3. The minimum Gasteiger partial charge on any atom is -0.493 e. The Morgan fingerprint density at radius 1 is 1.12 bits per heavy atom. The van der Waals surface area contributed by atoms with Crippen molar-refractivity contribution >= 4 is 16.8 Å². The van der Waals surface area contributed by atoms with E-state index in [2.05, 4.69) is 11.8 Å². The summed E-state index contributed by atoms with van der Waals surface area (Å²) in [6.07, 6.45) is 10.3. The summed E-state index contributed by atoms with van der Waals surface area (Å²) >= 11 is 0. The Balaban J connectivity index is 1.41. The molecule has 5 rings (SSSR count). The lowest BCUT2D eigenvalue weighted by Gasteiger charge is -2.42. The van der Waals surface area contributed by atoms with E-state index in [-0.39, 0.29) is 5.78 Å². The minimum atomic E-state index is 0.00764. The van der Waals surface area contributed by atoms with Gasteiger partial charge in [0, 0.05) is 22.6 Å². The normalized spacial score (nSPS) is 21.4. The topological polar surface area (TPSA) is 42.7 Å². The van der Waals surface area contributed by atoms with Crippen molar-refractivity contribution in [2.75, 3.05) is 19.7 Å². The van der Waals surface area contributed by atoms with Gasteiger partial charge in [0.25, 0.3) is 0 Å². The number of para-hydroxylation sites is 1. The maximum absolute atomic E-state index is 13.4. The number of piperidine rings is 2. The van der Waals surface area contributed by atoms with E-state index >= 15 is 0 Å². The number of unbranched alkanes of at least 4 members (excludes halogenated alkanes) is 1. The summed E-state index contributed by atoms with van der Waals surface area (Å²) < 4.78 is 11.8. The number of carbonyl (C=O) groups excluding carboxylic acids is 1. The van der Waals surface area contributed by atoms with Crippen molar-refractivity contribution < 1.29 is 13.9 Å². The third-order valence-corrected chi connectivity index (χ3v) is 7.26. The molecule has 1 aromatic heterocycles. The second-order valence-electron chi connectivity index (χ2n) is 9.34. The molecule has 2 aliphatic rings. The van der Waals surface area contributed by atoms with Crippen molar-refractivity contribution in [2.45, 2.75) is 63.8 Å². The fourth-order valence-corrected chi connectivity index (χ4v) is 5.44. The van der Waals surface area contributed by atoms with Gasteiger partial charge in [-0.25, -0.2) is 0 Å². The molecular weight excluding hydrogens is 398 g/mol. The number of carbonyl (C=O) groups is 1. The van der Waals surface area contributed by atoms with Crippen molar-refractivity contribution in [3.63, 3.8) is 0 Å². The fourth-order valence-electron chi connectivity index (χ4n) is 5.44. The van der Waals surface area contributed by atoms with Crippen LogP contribution in [-0.4, -0.2) is 36.4 Å². The van der Waals surface area contributed by atoms with Gasteiger partial charge < -0.3 is 14.1 Å². The molecule has 0 saturated carbocycles. The molecule has 0 amide bonds. The van der Waals surface area contributed by atoms with Crippen LogP contribution in [0.2, 0.25) is 0 Å². The summed E-state index contributed by atoms with van der Waals surface area (Å²) in [5, 5.41) is 1.09. The Hall–Kier alpha value is -2.59. The van der Waals surface area contributed by atoms with Crippen LogP contribution in [0.3, 0.4) is 0 Å². The van der Waals surface area contributed by atoms with E-state index in [0.717, 1.165) is 30.2 Å². The lowest BCUT2D eigenvalue weighted by atomic mass is 9.82. The van der Waals surface area contributed by atoms with Gasteiger partial charge in [-0.15, -0.1) is 0 Å². The number of nitrogens with zero attached hydrogens (tertiary/aromatic N) is 1. The van der Waals surface area contributed by atoms with E-state index in [4.69, 9.17) is 9.15 Å². The van der Waals surface area contributed by atoms with Crippen molar-refractivity contribution in [3.05, 3.63) is 65.4 Å². The van der Waals surface area contributed by atoms with E-state index in [9.17, 15) is 4.79 Å². The van der Waals surface area contributed by atoms with Crippen LogP contribution in [-0.2, 0) is 0 Å². The quantitative estimate of drug-likeness (QED) is 0.313. The highest BCUT2D eigenvalue weighted by Gasteiger charge is 2.32. The predicted molar refractivity (Wildman–Crippen MR) is 128 cm³/mol. The van der Waals surface area contributed by atoms with Gasteiger partial charge in [0.15, 0.2) is 5.78 Å². The van der Waals surface area contributed by atoms with E-state index in [1.54, 1.807) is 0 Å². The fraction of sp³-hybridized carbons (Fsp3) is 0.464. The van der Waals surface area contributed by atoms with Gasteiger partial charge in [0.05, 0.1) is 18.4 Å². The standard InChI is InChI=1S/C28H33NO3/c1-2-3-16-31-26-10-5-4-9-23(26)28(30)21-11-12-27-24(18-21)25(19-32-27)20-13-15-29-14-7-6-8-22(29)17-20/h4-5,9-12,18-20,22H,2-3,6-8,13-17H2,1H3. The maximum Gasteiger partial charge on any atom is 0.196 e. The maximum atomic E-state index is 13.4. The molecule has 3 aromatic rings. The third kappa shape index (κ3) is 4.21. The molecule has 2 saturated heterocycles. The van der Waals surface area contributed by atoms with Crippen LogP contribution < -0.4 is 4.74 Å². The van der Waals surface area contributed by atoms with Gasteiger partial charge >= 0.3 is 0 Å². The summed E-state index contributed by atoms with van der Waals surface area (Å²) in [5.74, 6) is 1.18. The molecule has 0 bridgehead atoms. The Morgan fingerprint density at radius 3 is 2.94 bits per heavy atom. The van der Waals surface area contributed by atoms with Crippen LogP contribution in [0.4, 0.5) is 0 Å². The average molecular weight is 432 g/mol. The molecule has 2 fully saturated rings. The molecule has 0 aliphatic carbocycles. The van der Waals surface area contributed by atoms with Crippen LogP contribution in [0.15, 0.2) is 53.1 Å². The van der Waals surface area contributed by atoms with Gasteiger partial charge in [-0.05, 0) is 81.4 Å². The van der Waals surface area contributed by atoms with Crippen molar-refractivity contribution in [2.24, 2.45) is 0 Å². The first kappa shape index (κ1) is 21.3. The largest absolute Gasteiger partial charge is 0.493 e. The number of fused-ring (bicyclic) bond motifs is 2. The summed E-state index contributed by atoms with van der Waals surface area (Å²) in [6, 6.07) is 14.1. The lowest BCUT2D eigenvalue weighted by molar-refractivity contribution is 0.0975. The predicted octanol–water partition coefficient (Wildman–Crippen LogP) is 6.57. The van der Waals surface area contributed by atoms with Gasteiger partial charge in [0.2, 0.25) is 0 Å². The van der Waals surface area contributed by atoms with Gasteiger partial charge in [-0.1, -0.05) is 31.9 Å². The highest BCUT2D eigenvalue weighted by molar-refractivity contribution is 6.12. The Labute approximate surface area is 190 Å². The Bertz CT molecular complexity index is 1090. The second kappa shape index (κ2) is 9.50. The number of ketones is 1. The minimum absolute atomic E-state index is 0.00764. The summed E-state index contributed by atoms with van der Waals surface area (Å²) in [7, 11) is 0. The molecule has 0 spiro atoms. The van der Waals surface area contributed by atoms with E-state index in [1.807, 2.05) is 48.7 Å². The lowest BCUT2D eigenvalue weighted by Crippen LogP contribution is -2.44. The molecule has 4 nitrogen and oxygen atoms in total. The van der Waals surface area contributed by atoms with Crippen molar-refractivity contribution in [1.29, 1.82) is 0 Å². The van der Waals surface area contributed by atoms with Crippen LogP contribution in [0.1, 0.15) is 79.3 Å². The first-order chi connectivity index (χ1) is 15.7. The van der Waals surface area contributed by atoms with E-state index < -0.39 is 0 Å².